The molecule has 2 nitrogen and oxygen atoms in total. The lowest BCUT2D eigenvalue weighted by atomic mass is 9.78. The van der Waals surface area contributed by atoms with Gasteiger partial charge < -0.3 is 10.1 Å². The van der Waals surface area contributed by atoms with Crippen LogP contribution in [0.5, 0.6) is 0 Å². The Kier molecular flexibility index (Phi) is 3.21. The minimum absolute atomic E-state index is 0.170. The summed E-state index contributed by atoms with van der Waals surface area (Å²) in [7, 11) is 0. The number of nitrogens with one attached hydrogen (secondary N) is 1. The molecule has 0 saturated carbocycles. The Labute approximate surface area is 127 Å². The molecule has 1 aromatic carbocycles. The van der Waals surface area contributed by atoms with Gasteiger partial charge in [0.05, 0.1) is 12.1 Å². The predicted molar refractivity (Wildman–Crippen MR) is 83.6 cm³/mol. The first kappa shape index (κ1) is 12.7. The van der Waals surface area contributed by atoms with Crippen LogP contribution >= 0.6 is 22.9 Å². The maximum absolute atomic E-state index is 6.16. The molecule has 4 rings (SSSR count). The highest BCUT2D eigenvalue weighted by atomic mass is 35.5. The van der Waals surface area contributed by atoms with Crippen molar-refractivity contribution in [3.63, 3.8) is 0 Å². The fraction of sp³-hybridized carbons (Fsp3) is 0.375. The third-order valence-corrected chi connectivity index (χ3v) is 5.27. The van der Waals surface area contributed by atoms with Gasteiger partial charge in [-0.25, -0.2) is 0 Å². The third kappa shape index (κ3) is 2.05. The van der Waals surface area contributed by atoms with E-state index >= 15 is 0 Å². The summed E-state index contributed by atoms with van der Waals surface area (Å²) in [4.78, 5) is 0. The van der Waals surface area contributed by atoms with Crippen molar-refractivity contribution in [2.24, 2.45) is 5.92 Å². The van der Waals surface area contributed by atoms with Crippen molar-refractivity contribution in [1.29, 1.82) is 0 Å². The summed E-state index contributed by atoms with van der Waals surface area (Å²) < 4.78 is 6.10. The molecule has 3 atom stereocenters. The Bertz CT molecular complexity index is 613. The Morgan fingerprint density at radius 1 is 1.30 bits per heavy atom. The first-order valence-corrected chi connectivity index (χ1v) is 8.35. The number of halogens is 1. The smallest absolute Gasteiger partial charge is 0.0896 e. The highest BCUT2D eigenvalue weighted by molar-refractivity contribution is 7.08. The van der Waals surface area contributed by atoms with Gasteiger partial charge in [0.1, 0.15) is 0 Å². The lowest BCUT2D eigenvalue weighted by Crippen LogP contribution is -2.35. The Morgan fingerprint density at radius 3 is 3.10 bits per heavy atom. The number of benzene rings is 1. The van der Waals surface area contributed by atoms with E-state index in [0.29, 0.717) is 12.0 Å². The van der Waals surface area contributed by atoms with Crippen molar-refractivity contribution in [2.75, 3.05) is 11.9 Å². The predicted octanol–water partition coefficient (Wildman–Crippen LogP) is 5.04. The standard InChI is InChI=1S/C16H16ClNOS/c17-11-3-4-14-13(8-11)16-12(2-1-6-19-16)15(18-14)10-5-7-20-9-10/h3-5,7-9,12,15-16,18H,1-2,6H2. The van der Waals surface area contributed by atoms with E-state index in [9.17, 15) is 0 Å². The van der Waals surface area contributed by atoms with E-state index in [1.807, 2.05) is 6.07 Å². The minimum atomic E-state index is 0.170. The lowest BCUT2D eigenvalue weighted by Gasteiger charge is -2.43. The molecule has 0 amide bonds. The van der Waals surface area contributed by atoms with Crippen LogP contribution in [0.25, 0.3) is 0 Å². The summed E-state index contributed by atoms with van der Waals surface area (Å²) in [6.07, 6.45) is 2.51. The van der Waals surface area contributed by atoms with Gasteiger partial charge in [-0.05, 0) is 53.4 Å². The molecule has 0 radical (unpaired) electrons. The second kappa shape index (κ2) is 5.06. The van der Waals surface area contributed by atoms with Crippen molar-refractivity contribution in [1.82, 2.24) is 0 Å². The molecule has 0 spiro atoms. The topological polar surface area (TPSA) is 21.3 Å². The van der Waals surface area contributed by atoms with Gasteiger partial charge in [0, 0.05) is 28.8 Å². The fourth-order valence-corrected chi connectivity index (χ4v) is 4.30. The van der Waals surface area contributed by atoms with Crippen molar-refractivity contribution in [3.05, 3.63) is 51.2 Å². The molecule has 2 aliphatic rings. The molecule has 3 heterocycles. The van der Waals surface area contributed by atoms with E-state index in [0.717, 1.165) is 23.7 Å². The van der Waals surface area contributed by atoms with Crippen LogP contribution in [0.1, 0.15) is 36.1 Å². The summed E-state index contributed by atoms with van der Waals surface area (Å²) in [5.74, 6) is 0.490. The Balaban J connectivity index is 1.79. The summed E-state index contributed by atoms with van der Waals surface area (Å²) in [6.45, 7) is 0.851. The number of thiophene rings is 1. The van der Waals surface area contributed by atoms with E-state index in [-0.39, 0.29) is 6.10 Å². The molecule has 20 heavy (non-hydrogen) atoms. The van der Waals surface area contributed by atoms with Gasteiger partial charge in [-0.1, -0.05) is 11.6 Å². The average molecular weight is 306 g/mol. The summed E-state index contributed by atoms with van der Waals surface area (Å²) in [5.41, 5.74) is 3.75. The first-order chi connectivity index (χ1) is 9.83. The molecule has 4 heteroatoms. The van der Waals surface area contributed by atoms with Crippen LogP contribution in [0.15, 0.2) is 35.0 Å². The number of ether oxygens (including phenoxy) is 1. The van der Waals surface area contributed by atoms with Crippen molar-refractivity contribution < 1.29 is 4.74 Å². The molecule has 1 N–H and O–H groups in total. The highest BCUT2D eigenvalue weighted by Crippen LogP contribution is 2.49. The molecular weight excluding hydrogens is 290 g/mol. The minimum Gasteiger partial charge on any atom is -0.378 e. The van der Waals surface area contributed by atoms with Gasteiger partial charge in [-0.3, -0.25) is 0 Å². The second-order valence-electron chi connectivity index (χ2n) is 5.51. The zero-order chi connectivity index (χ0) is 13.5. The molecule has 104 valence electrons. The van der Waals surface area contributed by atoms with Crippen LogP contribution in [0.2, 0.25) is 5.02 Å². The van der Waals surface area contributed by atoms with E-state index in [1.54, 1.807) is 11.3 Å². The average Bonchev–Trinajstić information content (AvgIpc) is 3.01. The van der Waals surface area contributed by atoms with Crippen LogP contribution in [-0.2, 0) is 4.74 Å². The molecule has 2 aromatic rings. The largest absolute Gasteiger partial charge is 0.378 e. The number of hydrogen-bond acceptors (Lipinski definition) is 3. The Hall–Kier alpha value is -1.03. The molecule has 0 aliphatic carbocycles. The molecule has 2 aliphatic heterocycles. The van der Waals surface area contributed by atoms with Gasteiger partial charge in [0.2, 0.25) is 0 Å². The Morgan fingerprint density at radius 2 is 2.25 bits per heavy atom. The van der Waals surface area contributed by atoms with Crippen molar-refractivity contribution in [2.45, 2.75) is 25.0 Å². The maximum atomic E-state index is 6.16. The molecule has 1 saturated heterocycles. The van der Waals surface area contributed by atoms with Crippen LogP contribution in [0.3, 0.4) is 0 Å². The number of hydrogen-bond donors (Lipinski definition) is 1. The summed E-state index contributed by atoms with van der Waals surface area (Å²) >= 11 is 7.92. The van der Waals surface area contributed by atoms with Crippen molar-refractivity contribution >= 4 is 28.6 Å². The van der Waals surface area contributed by atoms with Gasteiger partial charge in [0.25, 0.3) is 0 Å². The van der Waals surface area contributed by atoms with E-state index in [1.165, 1.54) is 17.5 Å². The van der Waals surface area contributed by atoms with Gasteiger partial charge >= 0.3 is 0 Å². The zero-order valence-electron chi connectivity index (χ0n) is 11.0. The van der Waals surface area contributed by atoms with Crippen LogP contribution in [-0.4, -0.2) is 6.61 Å². The van der Waals surface area contributed by atoms with Crippen molar-refractivity contribution in [3.8, 4) is 0 Å². The molecule has 1 fully saturated rings. The summed E-state index contributed by atoms with van der Waals surface area (Å²) in [6, 6.07) is 8.64. The van der Waals surface area contributed by atoms with Crippen LogP contribution in [0.4, 0.5) is 5.69 Å². The number of rotatable bonds is 1. The van der Waals surface area contributed by atoms with Gasteiger partial charge in [-0.2, -0.15) is 11.3 Å². The second-order valence-corrected chi connectivity index (χ2v) is 6.72. The number of fused-ring (bicyclic) bond motifs is 3. The first-order valence-electron chi connectivity index (χ1n) is 7.02. The SMILES string of the molecule is Clc1ccc2c(c1)C1OCCCC1C(c1ccsc1)N2. The van der Waals surface area contributed by atoms with Crippen LogP contribution in [0, 0.1) is 5.92 Å². The number of anilines is 1. The molecule has 0 bridgehead atoms. The third-order valence-electron chi connectivity index (χ3n) is 4.33. The molecule has 3 unspecified atom stereocenters. The maximum Gasteiger partial charge on any atom is 0.0896 e. The van der Waals surface area contributed by atoms with E-state index in [4.69, 9.17) is 16.3 Å². The van der Waals surface area contributed by atoms with E-state index in [2.05, 4.69) is 34.3 Å². The quantitative estimate of drug-likeness (QED) is 0.797. The lowest BCUT2D eigenvalue weighted by molar-refractivity contribution is -0.0380. The zero-order valence-corrected chi connectivity index (χ0v) is 12.6. The van der Waals surface area contributed by atoms with E-state index < -0.39 is 0 Å². The summed E-state index contributed by atoms with van der Waals surface area (Å²) in [5, 5.41) is 8.86. The van der Waals surface area contributed by atoms with Gasteiger partial charge in [0.15, 0.2) is 0 Å². The molecular formula is C16H16ClNOS. The normalized spacial score (nSPS) is 28.4. The molecule has 1 aromatic heterocycles. The monoisotopic (exact) mass is 305 g/mol. The van der Waals surface area contributed by atoms with Crippen LogP contribution < -0.4 is 5.32 Å². The van der Waals surface area contributed by atoms with Gasteiger partial charge in [-0.15, -0.1) is 0 Å². The fourth-order valence-electron chi connectivity index (χ4n) is 3.42. The highest BCUT2D eigenvalue weighted by Gasteiger charge is 2.39.